The third-order valence-corrected chi connectivity index (χ3v) is 4.34. The van der Waals surface area contributed by atoms with Gasteiger partial charge in [0, 0.05) is 23.9 Å². The molecular formula is C15H15F2N3OS. The second-order valence-electron chi connectivity index (χ2n) is 5.28. The predicted molar refractivity (Wildman–Crippen MR) is 81.3 cm³/mol. The van der Waals surface area contributed by atoms with E-state index in [1.54, 1.807) is 6.20 Å². The van der Waals surface area contributed by atoms with Crippen LogP contribution in [0.4, 0.5) is 13.9 Å². The van der Waals surface area contributed by atoms with Crippen LogP contribution in [-0.2, 0) is 11.2 Å². The monoisotopic (exact) mass is 323 g/mol. The molecule has 2 heterocycles. The summed E-state index contributed by atoms with van der Waals surface area (Å²) in [7, 11) is 0. The Morgan fingerprint density at radius 1 is 1.41 bits per heavy atom. The van der Waals surface area contributed by atoms with Crippen LogP contribution in [0.2, 0.25) is 0 Å². The first-order valence-electron chi connectivity index (χ1n) is 6.92. The van der Waals surface area contributed by atoms with Crippen LogP contribution in [0.15, 0.2) is 36.5 Å². The highest BCUT2D eigenvalue weighted by atomic mass is 32.1. The van der Waals surface area contributed by atoms with Gasteiger partial charge < -0.3 is 5.32 Å². The molecule has 3 rings (SSSR count). The van der Waals surface area contributed by atoms with E-state index in [1.807, 2.05) is 30.3 Å². The van der Waals surface area contributed by atoms with Crippen molar-refractivity contribution < 1.29 is 13.6 Å². The van der Waals surface area contributed by atoms with Gasteiger partial charge in [-0.25, -0.2) is 13.8 Å². The van der Waals surface area contributed by atoms with Gasteiger partial charge in [0.15, 0.2) is 5.13 Å². The molecule has 1 saturated heterocycles. The molecule has 4 nitrogen and oxygen atoms in total. The van der Waals surface area contributed by atoms with E-state index in [9.17, 15) is 13.6 Å². The molecular weight excluding hydrogens is 308 g/mol. The van der Waals surface area contributed by atoms with Crippen LogP contribution in [-0.4, -0.2) is 29.4 Å². The summed E-state index contributed by atoms with van der Waals surface area (Å²) in [6.07, 6.45) is 1.96. The van der Waals surface area contributed by atoms with Crippen LogP contribution in [0.25, 0.3) is 0 Å². The number of carbonyl (C=O) groups excluding carboxylic acids is 1. The average molecular weight is 323 g/mol. The zero-order valence-electron chi connectivity index (χ0n) is 11.7. The van der Waals surface area contributed by atoms with Gasteiger partial charge in [0.2, 0.25) is 5.91 Å². The first kappa shape index (κ1) is 15.1. The highest BCUT2D eigenvalue weighted by Crippen LogP contribution is 2.26. The number of rotatable bonds is 4. The van der Waals surface area contributed by atoms with Crippen molar-refractivity contribution in [2.75, 3.05) is 11.9 Å². The van der Waals surface area contributed by atoms with Crippen LogP contribution < -0.4 is 10.6 Å². The molecule has 1 aromatic heterocycles. The lowest BCUT2D eigenvalue weighted by molar-refractivity contribution is -0.118. The van der Waals surface area contributed by atoms with E-state index < -0.39 is 30.8 Å². The topological polar surface area (TPSA) is 54.0 Å². The molecule has 0 aliphatic carbocycles. The molecule has 0 radical (unpaired) electrons. The van der Waals surface area contributed by atoms with E-state index >= 15 is 0 Å². The van der Waals surface area contributed by atoms with Crippen molar-refractivity contribution in [3.05, 3.63) is 47.0 Å². The lowest BCUT2D eigenvalue weighted by Crippen LogP contribution is -2.35. The molecule has 7 heteroatoms. The van der Waals surface area contributed by atoms with Gasteiger partial charge in [0.25, 0.3) is 5.92 Å². The molecule has 0 saturated carbocycles. The van der Waals surface area contributed by atoms with Crippen LogP contribution in [0.3, 0.4) is 0 Å². The molecule has 1 amide bonds. The number of halogens is 2. The number of hydrogen-bond acceptors (Lipinski definition) is 4. The Balaban J connectivity index is 1.59. The normalized spacial score (nSPS) is 20.0. The number of nitrogens with zero attached hydrogens (tertiary/aromatic N) is 1. The quantitative estimate of drug-likeness (QED) is 0.909. The Labute approximate surface area is 130 Å². The SMILES string of the molecule is O=C(Nc1ncc(Cc2ccccc2)s1)C1CC(F)(F)CN1. The minimum Gasteiger partial charge on any atom is -0.301 e. The van der Waals surface area contributed by atoms with Gasteiger partial charge in [0.1, 0.15) is 0 Å². The van der Waals surface area contributed by atoms with Gasteiger partial charge >= 0.3 is 0 Å². The van der Waals surface area contributed by atoms with Crippen LogP contribution in [0, 0.1) is 0 Å². The molecule has 0 spiro atoms. The molecule has 1 fully saturated rings. The van der Waals surface area contributed by atoms with Crippen LogP contribution >= 0.6 is 11.3 Å². The highest BCUT2D eigenvalue weighted by molar-refractivity contribution is 7.15. The maximum Gasteiger partial charge on any atom is 0.262 e. The first-order valence-corrected chi connectivity index (χ1v) is 7.74. The molecule has 1 unspecified atom stereocenters. The predicted octanol–water partition coefficient (Wildman–Crippen LogP) is 2.67. The lowest BCUT2D eigenvalue weighted by atomic mass is 10.1. The molecule has 1 aromatic carbocycles. The molecule has 22 heavy (non-hydrogen) atoms. The van der Waals surface area contributed by atoms with E-state index in [0.29, 0.717) is 5.13 Å². The van der Waals surface area contributed by atoms with Crippen molar-refractivity contribution in [2.24, 2.45) is 0 Å². The van der Waals surface area contributed by atoms with Crippen LogP contribution in [0.1, 0.15) is 16.9 Å². The molecule has 0 bridgehead atoms. The second kappa shape index (κ2) is 6.10. The maximum atomic E-state index is 13.1. The van der Waals surface area contributed by atoms with E-state index in [-0.39, 0.29) is 0 Å². The van der Waals surface area contributed by atoms with Crippen molar-refractivity contribution in [1.29, 1.82) is 0 Å². The zero-order chi connectivity index (χ0) is 15.6. The molecule has 116 valence electrons. The number of carbonyl (C=O) groups is 1. The zero-order valence-corrected chi connectivity index (χ0v) is 12.5. The summed E-state index contributed by atoms with van der Waals surface area (Å²) < 4.78 is 26.2. The number of amides is 1. The number of alkyl halides is 2. The van der Waals surface area contributed by atoms with Gasteiger partial charge in [-0.3, -0.25) is 10.1 Å². The minimum atomic E-state index is -2.82. The van der Waals surface area contributed by atoms with Gasteiger partial charge in [0.05, 0.1) is 12.6 Å². The van der Waals surface area contributed by atoms with Gasteiger partial charge in [-0.05, 0) is 5.56 Å². The number of anilines is 1. The summed E-state index contributed by atoms with van der Waals surface area (Å²) in [5.41, 5.74) is 1.15. The Bertz CT molecular complexity index is 660. The fourth-order valence-electron chi connectivity index (χ4n) is 2.34. The molecule has 2 N–H and O–H groups in total. The van der Waals surface area contributed by atoms with Crippen molar-refractivity contribution in [3.8, 4) is 0 Å². The summed E-state index contributed by atoms with van der Waals surface area (Å²) in [6, 6.07) is 9.05. The fourth-order valence-corrected chi connectivity index (χ4v) is 3.19. The first-order chi connectivity index (χ1) is 10.5. The van der Waals surface area contributed by atoms with E-state index in [1.165, 1.54) is 11.3 Å². The average Bonchev–Trinajstić information content (AvgIpc) is 3.06. The molecule has 2 aromatic rings. The summed E-state index contributed by atoms with van der Waals surface area (Å²) in [6.45, 7) is -0.456. The summed E-state index contributed by atoms with van der Waals surface area (Å²) >= 11 is 1.36. The summed E-state index contributed by atoms with van der Waals surface area (Å²) in [4.78, 5) is 17.1. The molecule has 1 aliphatic rings. The Morgan fingerprint density at radius 3 is 2.86 bits per heavy atom. The van der Waals surface area contributed by atoms with Gasteiger partial charge in [-0.1, -0.05) is 30.3 Å². The van der Waals surface area contributed by atoms with Gasteiger partial charge in [-0.2, -0.15) is 0 Å². The molecule has 1 aliphatic heterocycles. The smallest absolute Gasteiger partial charge is 0.262 e. The number of hydrogen-bond donors (Lipinski definition) is 2. The standard InChI is InChI=1S/C15H15F2N3OS/c16-15(17)7-12(19-9-15)13(21)20-14-18-8-11(22-14)6-10-4-2-1-3-5-10/h1-5,8,12,19H,6-7,9H2,(H,18,20,21). The van der Waals surface area contributed by atoms with Gasteiger partial charge in [-0.15, -0.1) is 11.3 Å². The summed E-state index contributed by atoms with van der Waals surface area (Å²) in [5, 5.41) is 5.57. The number of aromatic nitrogens is 1. The third-order valence-electron chi connectivity index (χ3n) is 3.43. The van der Waals surface area contributed by atoms with Crippen molar-refractivity contribution >= 4 is 22.4 Å². The third kappa shape index (κ3) is 3.66. The Hall–Kier alpha value is -1.86. The Kier molecular flexibility index (Phi) is 4.17. The van der Waals surface area contributed by atoms with E-state index in [0.717, 1.165) is 16.9 Å². The highest BCUT2D eigenvalue weighted by Gasteiger charge is 2.42. The van der Waals surface area contributed by atoms with E-state index in [4.69, 9.17) is 0 Å². The molecule has 1 atom stereocenters. The second-order valence-corrected chi connectivity index (χ2v) is 6.39. The minimum absolute atomic E-state index is 0.438. The fraction of sp³-hybridized carbons (Fsp3) is 0.333. The number of thiazole rings is 1. The lowest BCUT2D eigenvalue weighted by Gasteiger charge is -2.08. The largest absolute Gasteiger partial charge is 0.301 e. The van der Waals surface area contributed by atoms with Crippen molar-refractivity contribution in [2.45, 2.75) is 24.8 Å². The number of nitrogens with one attached hydrogen (secondary N) is 2. The number of benzene rings is 1. The maximum absolute atomic E-state index is 13.1. The summed E-state index contributed by atoms with van der Waals surface area (Å²) in [5.74, 6) is -3.28. The van der Waals surface area contributed by atoms with E-state index in [2.05, 4.69) is 15.6 Å². The van der Waals surface area contributed by atoms with Crippen molar-refractivity contribution in [3.63, 3.8) is 0 Å². The van der Waals surface area contributed by atoms with Crippen LogP contribution in [0.5, 0.6) is 0 Å². The Morgan fingerprint density at radius 2 is 2.18 bits per heavy atom. The van der Waals surface area contributed by atoms with Crippen molar-refractivity contribution in [1.82, 2.24) is 10.3 Å².